The second kappa shape index (κ2) is 5.65. The molecule has 2 aromatic carbocycles. The molecule has 0 spiro atoms. The van der Waals surface area contributed by atoms with Crippen molar-refractivity contribution in [3.05, 3.63) is 58.1 Å². The van der Waals surface area contributed by atoms with Crippen LogP contribution in [0.15, 0.2) is 46.3 Å². The zero-order valence-corrected chi connectivity index (χ0v) is 11.7. The average molecular weight is 295 g/mol. The van der Waals surface area contributed by atoms with Gasteiger partial charge in [-0.3, -0.25) is 5.43 Å². The zero-order chi connectivity index (χ0) is 15.5. The summed E-state index contributed by atoms with van der Waals surface area (Å²) in [5, 5.41) is 21.9. The smallest absolute Gasteiger partial charge is 0.363 e. The SMILES string of the molecule is Cc1n[nH]c(=O)nc1NN=Cc1c(O)ccc2ccccc12. The van der Waals surface area contributed by atoms with Crippen molar-refractivity contribution >= 4 is 22.8 Å². The van der Waals surface area contributed by atoms with Crippen molar-refractivity contribution < 1.29 is 5.11 Å². The van der Waals surface area contributed by atoms with Crippen LogP contribution in [0.5, 0.6) is 5.75 Å². The number of aryl methyl sites for hydroxylation is 1. The molecule has 1 aromatic heterocycles. The Kier molecular flexibility index (Phi) is 3.53. The third-order valence-electron chi connectivity index (χ3n) is 3.19. The van der Waals surface area contributed by atoms with E-state index in [1.165, 1.54) is 6.21 Å². The minimum atomic E-state index is -0.559. The molecule has 0 radical (unpaired) electrons. The normalized spacial score (nSPS) is 11.1. The highest BCUT2D eigenvalue weighted by atomic mass is 16.3. The Balaban J connectivity index is 1.94. The number of hydrogen-bond donors (Lipinski definition) is 3. The summed E-state index contributed by atoms with van der Waals surface area (Å²) in [6, 6.07) is 11.1. The Hall–Kier alpha value is -3.22. The molecule has 3 aromatic rings. The van der Waals surface area contributed by atoms with Gasteiger partial charge in [0.2, 0.25) is 0 Å². The number of benzene rings is 2. The molecule has 3 rings (SSSR count). The minimum Gasteiger partial charge on any atom is -0.507 e. The van der Waals surface area contributed by atoms with Crippen LogP contribution in [0, 0.1) is 6.92 Å². The highest BCUT2D eigenvalue weighted by Gasteiger charge is 2.05. The number of phenols is 1. The van der Waals surface area contributed by atoms with Crippen LogP contribution in [-0.4, -0.2) is 26.5 Å². The quantitative estimate of drug-likeness (QED) is 0.505. The van der Waals surface area contributed by atoms with Crippen molar-refractivity contribution in [2.45, 2.75) is 6.92 Å². The van der Waals surface area contributed by atoms with Gasteiger partial charge >= 0.3 is 5.69 Å². The van der Waals surface area contributed by atoms with Crippen LogP contribution in [0.3, 0.4) is 0 Å². The lowest BCUT2D eigenvalue weighted by Crippen LogP contribution is -2.15. The first-order chi connectivity index (χ1) is 10.6. The van der Waals surface area contributed by atoms with Gasteiger partial charge in [-0.05, 0) is 23.8 Å². The van der Waals surface area contributed by atoms with E-state index in [1.54, 1.807) is 13.0 Å². The van der Waals surface area contributed by atoms with Gasteiger partial charge in [0, 0.05) is 5.56 Å². The van der Waals surface area contributed by atoms with Crippen molar-refractivity contribution in [2.24, 2.45) is 5.10 Å². The molecule has 0 fully saturated rings. The topological polar surface area (TPSA) is 103 Å². The molecule has 22 heavy (non-hydrogen) atoms. The molecule has 0 atom stereocenters. The van der Waals surface area contributed by atoms with E-state index in [9.17, 15) is 9.90 Å². The Morgan fingerprint density at radius 3 is 2.95 bits per heavy atom. The lowest BCUT2D eigenvalue weighted by Gasteiger charge is -2.05. The Morgan fingerprint density at radius 1 is 1.27 bits per heavy atom. The molecule has 0 saturated carbocycles. The van der Waals surface area contributed by atoms with Crippen molar-refractivity contribution in [3.8, 4) is 5.75 Å². The van der Waals surface area contributed by atoms with Gasteiger partial charge in [-0.1, -0.05) is 30.3 Å². The van der Waals surface area contributed by atoms with E-state index in [2.05, 4.69) is 25.7 Å². The van der Waals surface area contributed by atoms with E-state index < -0.39 is 5.69 Å². The fourth-order valence-corrected chi connectivity index (χ4v) is 2.08. The first-order valence-electron chi connectivity index (χ1n) is 6.58. The molecule has 0 unspecified atom stereocenters. The van der Waals surface area contributed by atoms with Crippen LogP contribution >= 0.6 is 0 Å². The molecular weight excluding hydrogens is 282 g/mol. The molecule has 7 nitrogen and oxygen atoms in total. The predicted molar refractivity (Wildman–Crippen MR) is 84.2 cm³/mol. The number of aromatic hydroxyl groups is 1. The fourth-order valence-electron chi connectivity index (χ4n) is 2.08. The molecule has 1 heterocycles. The summed E-state index contributed by atoms with van der Waals surface area (Å²) in [5.41, 5.74) is 3.20. The van der Waals surface area contributed by atoms with Crippen LogP contribution in [0.4, 0.5) is 5.82 Å². The minimum absolute atomic E-state index is 0.123. The lowest BCUT2D eigenvalue weighted by molar-refractivity contribution is 0.475. The Labute approximate surface area is 125 Å². The monoisotopic (exact) mass is 295 g/mol. The van der Waals surface area contributed by atoms with E-state index in [0.29, 0.717) is 11.3 Å². The molecule has 3 N–H and O–H groups in total. The molecule has 0 aliphatic carbocycles. The second-order valence-electron chi connectivity index (χ2n) is 4.66. The maximum Gasteiger partial charge on any atom is 0.363 e. The Morgan fingerprint density at radius 2 is 2.09 bits per heavy atom. The number of hydrogen-bond acceptors (Lipinski definition) is 6. The standard InChI is InChI=1S/C15H13N5O2/c1-9-14(17-15(22)20-18-9)19-16-8-12-11-5-3-2-4-10(11)6-7-13(12)21/h2-8,21H,1H3,(H2,17,19,20,22). The first kappa shape index (κ1) is 13.7. The van der Waals surface area contributed by atoms with Gasteiger partial charge in [0.15, 0.2) is 5.82 Å². The molecule has 0 bridgehead atoms. The van der Waals surface area contributed by atoms with Gasteiger partial charge in [0.05, 0.1) is 6.21 Å². The predicted octanol–water partition coefficient (Wildman–Crippen LogP) is 1.78. The largest absolute Gasteiger partial charge is 0.507 e. The molecule has 7 heteroatoms. The van der Waals surface area contributed by atoms with Crippen molar-refractivity contribution in [1.82, 2.24) is 15.2 Å². The number of phenolic OH excluding ortho intramolecular Hbond substituents is 1. The lowest BCUT2D eigenvalue weighted by atomic mass is 10.0. The van der Waals surface area contributed by atoms with Gasteiger partial charge < -0.3 is 5.11 Å². The number of fused-ring (bicyclic) bond motifs is 1. The van der Waals surface area contributed by atoms with Crippen molar-refractivity contribution in [3.63, 3.8) is 0 Å². The second-order valence-corrected chi connectivity index (χ2v) is 4.66. The van der Waals surface area contributed by atoms with E-state index in [0.717, 1.165) is 10.8 Å². The highest BCUT2D eigenvalue weighted by molar-refractivity contribution is 6.02. The van der Waals surface area contributed by atoms with E-state index in [4.69, 9.17) is 0 Å². The number of aromatic nitrogens is 3. The van der Waals surface area contributed by atoms with Crippen LogP contribution in [-0.2, 0) is 0 Å². The van der Waals surface area contributed by atoms with Gasteiger partial charge in [0.25, 0.3) is 0 Å². The maximum absolute atomic E-state index is 11.1. The number of H-pyrrole nitrogens is 1. The third kappa shape index (κ3) is 2.64. The molecule has 0 aliphatic heterocycles. The maximum atomic E-state index is 11.1. The van der Waals surface area contributed by atoms with Crippen LogP contribution in [0.2, 0.25) is 0 Å². The fraction of sp³-hybridized carbons (Fsp3) is 0.0667. The van der Waals surface area contributed by atoms with Crippen LogP contribution < -0.4 is 11.1 Å². The molecule has 0 amide bonds. The summed E-state index contributed by atoms with van der Waals surface area (Å²) in [6.45, 7) is 1.69. The summed E-state index contributed by atoms with van der Waals surface area (Å²) in [6.07, 6.45) is 1.49. The number of hydrazone groups is 1. The zero-order valence-electron chi connectivity index (χ0n) is 11.7. The van der Waals surface area contributed by atoms with Crippen LogP contribution in [0.25, 0.3) is 10.8 Å². The third-order valence-corrected chi connectivity index (χ3v) is 3.19. The van der Waals surface area contributed by atoms with Gasteiger partial charge in [-0.15, -0.1) is 0 Å². The van der Waals surface area contributed by atoms with Crippen LogP contribution in [0.1, 0.15) is 11.3 Å². The van der Waals surface area contributed by atoms with Gasteiger partial charge in [-0.2, -0.15) is 15.2 Å². The van der Waals surface area contributed by atoms with Gasteiger partial charge in [-0.25, -0.2) is 9.89 Å². The average Bonchev–Trinajstić information content (AvgIpc) is 2.53. The summed E-state index contributed by atoms with van der Waals surface area (Å²) >= 11 is 0. The highest BCUT2D eigenvalue weighted by Crippen LogP contribution is 2.25. The molecular formula is C15H13N5O2. The Bertz CT molecular complexity index is 917. The summed E-state index contributed by atoms with van der Waals surface area (Å²) in [5.74, 6) is 0.387. The summed E-state index contributed by atoms with van der Waals surface area (Å²) in [7, 11) is 0. The van der Waals surface area contributed by atoms with E-state index >= 15 is 0 Å². The number of nitrogens with zero attached hydrogens (tertiary/aromatic N) is 3. The van der Waals surface area contributed by atoms with Crippen molar-refractivity contribution in [2.75, 3.05) is 5.43 Å². The van der Waals surface area contributed by atoms with Crippen molar-refractivity contribution in [1.29, 1.82) is 0 Å². The number of rotatable bonds is 3. The van der Waals surface area contributed by atoms with E-state index in [1.807, 2.05) is 30.3 Å². The first-order valence-corrected chi connectivity index (χ1v) is 6.58. The summed E-state index contributed by atoms with van der Waals surface area (Å²) < 4.78 is 0. The number of nitrogens with one attached hydrogen (secondary N) is 2. The molecule has 0 aliphatic rings. The van der Waals surface area contributed by atoms with Gasteiger partial charge in [0.1, 0.15) is 11.4 Å². The number of anilines is 1. The number of aromatic amines is 1. The molecule has 0 saturated heterocycles. The summed E-state index contributed by atoms with van der Waals surface area (Å²) in [4.78, 5) is 14.9. The van der Waals surface area contributed by atoms with E-state index in [-0.39, 0.29) is 11.6 Å². The molecule has 110 valence electrons.